The number of nitrogens with one attached hydrogen (secondary N) is 2. The van der Waals surface area contributed by atoms with Crippen molar-refractivity contribution in [3.63, 3.8) is 0 Å². The molecule has 0 spiro atoms. The third-order valence-electron chi connectivity index (χ3n) is 5.02. The van der Waals surface area contributed by atoms with Gasteiger partial charge in [0.2, 0.25) is 5.91 Å². The fourth-order valence-corrected chi connectivity index (χ4v) is 3.32. The van der Waals surface area contributed by atoms with Gasteiger partial charge >= 0.3 is 0 Å². The van der Waals surface area contributed by atoms with E-state index in [2.05, 4.69) is 15.5 Å². The average molecular weight is 333 g/mol. The molecule has 0 aromatic heterocycles. The largest absolute Gasteiger partial charge is 0.496 e. The second-order valence-electron chi connectivity index (χ2n) is 6.58. The van der Waals surface area contributed by atoms with E-state index in [0.717, 1.165) is 36.9 Å². The summed E-state index contributed by atoms with van der Waals surface area (Å²) in [5.41, 5.74) is 1.01. The van der Waals surface area contributed by atoms with Crippen molar-refractivity contribution in [1.29, 1.82) is 0 Å². The molecule has 1 amide bonds. The molecule has 1 saturated heterocycles. The molecule has 2 N–H and O–H groups in total. The van der Waals surface area contributed by atoms with Crippen molar-refractivity contribution >= 4 is 5.91 Å². The summed E-state index contributed by atoms with van der Waals surface area (Å²) in [6.07, 6.45) is 3.61. The molecule has 1 atom stereocenters. The lowest BCUT2D eigenvalue weighted by Gasteiger charge is -2.35. The lowest BCUT2D eigenvalue weighted by molar-refractivity contribution is -0.126. The molecule has 134 valence electrons. The normalized spacial score (nSPS) is 17.5. The Balaban J connectivity index is 1.78. The number of para-hydroxylation sites is 1. The van der Waals surface area contributed by atoms with Crippen molar-refractivity contribution in [3.8, 4) is 5.75 Å². The molecular formula is C19H31N3O2. The minimum Gasteiger partial charge on any atom is -0.496 e. The van der Waals surface area contributed by atoms with Gasteiger partial charge in [-0.15, -0.1) is 0 Å². The van der Waals surface area contributed by atoms with Crippen LogP contribution in [0.5, 0.6) is 5.75 Å². The minimum absolute atomic E-state index is 0.0787. The zero-order chi connectivity index (χ0) is 17.4. The SMILES string of the molecule is CNCCC1CCN(C(C)C(=O)NCc2ccccc2OC)CC1. The second-order valence-corrected chi connectivity index (χ2v) is 6.58. The Bertz CT molecular complexity index is 513. The number of rotatable bonds is 8. The molecule has 0 saturated carbocycles. The fraction of sp³-hybridized carbons (Fsp3) is 0.632. The number of piperidine rings is 1. The van der Waals surface area contributed by atoms with Gasteiger partial charge < -0.3 is 15.4 Å². The van der Waals surface area contributed by atoms with E-state index in [1.165, 1.54) is 19.3 Å². The summed E-state index contributed by atoms with van der Waals surface area (Å²) in [5, 5.41) is 6.27. The van der Waals surface area contributed by atoms with E-state index in [-0.39, 0.29) is 11.9 Å². The Kier molecular flexibility index (Phi) is 7.53. The van der Waals surface area contributed by atoms with Crippen molar-refractivity contribution in [3.05, 3.63) is 29.8 Å². The highest BCUT2D eigenvalue weighted by molar-refractivity contribution is 5.81. The second kappa shape index (κ2) is 9.64. The number of carbonyl (C=O) groups is 1. The Hall–Kier alpha value is -1.59. The Morgan fingerprint density at radius 1 is 1.33 bits per heavy atom. The average Bonchev–Trinajstić information content (AvgIpc) is 2.64. The number of hydrogen-bond acceptors (Lipinski definition) is 4. The van der Waals surface area contributed by atoms with Crippen LogP contribution >= 0.6 is 0 Å². The van der Waals surface area contributed by atoms with Gasteiger partial charge in [0.1, 0.15) is 5.75 Å². The Morgan fingerprint density at radius 2 is 2.04 bits per heavy atom. The van der Waals surface area contributed by atoms with Gasteiger partial charge in [0.05, 0.1) is 13.2 Å². The molecule has 24 heavy (non-hydrogen) atoms. The number of hydrogen-bond donors (Lipinski definition) is 2. The molecule has 0 radical (unpaired) electrons. The third kappa shape index (κ3) is 5.21. The van der Waals surface area contributed by atoms with Gasteiger partial charge in [-0.3, -0.25) is 9.69 Å². The Labute approximate surface area is 145 Å². The van der Waals surface area contributed by atoms with E-state index < -0.39 is 0 Å². The summed E-state index contributed by atoms with van der Waals surface area (Å²) in [7, 11) is 3.66. The van der Waals surface area contributed by atoms with Gasteiger partial charge in [0.25, 0.3) is 0 Å². The fourth-order valence-electron chi connectivity index (χ4n) is 3.32. The molecule has 1 fully saturated rings. The summed E-state index contributed by atoms with van der Waals surface area (Å²) >= 11 is 0. The lowest BCUT2D eigenvalue weighted by Crippen LogP contribution is -2.48. The van der Waals surface area contributed by atoms with Gasteiger partial charge in [-0.2, -0.15) is 0 Å². The van der Waals surface area contributed by atoms with Gasteiger partial charge in [-0.05, 0) is 64.9 Å². The van der Waals surface area contributed by atoms with Crippen LogP contribution in [-0.2, 0) is 11.3 Å². The number of carbonyl (C=O) groups excluding carboxylic acids is 1. The number of benzene rings is 1. The summed E-state index contributed by atoms with van der Waals surface area (Å²) < 4.78 is 5.33. The van der Waals surface area contributed by atoms with E-state index in [4.69, 9.17) is 4.74 Å². The van der Waals surface area contributed by atoms with Gasteiger partial charge in [0, 0.05) is 12.1 Å². The van der Waals surface area contributed by atoms with Crippen molar-refractivity contribution in [1.82, 2.24) is 15.5 Å². The van der Waals surface area contributed by atoms with E-state index in [0.29, 0.717) is 6.54 Å². The predicted octanol–water partition coefficient (Wildman–Crippen LogP) is 2.02. The molecule has 0 bridgehead atoms. The van der Waals surface area contributed by atoms with Crippen molar-refractivity contribution in [2.24, 2.45) is 5.92 Å². The van der Waals surface area contributed by atoms with E-state index >= 15 is 0 Å². The molecule has 1 aliphatic heterocycles. The monoisotopic (exact) mass is 333 g/mol. The summed E-state index contributed by atoms with van der Waals surface area (Å²) in [6, 6.07) is 7.72. The van der Waals surface area contributed by atoms with Crippen LogP contribution in [-0.4, -0.2) is 50.6 Å². The first kappa shape index (κ1) is 18.7. The van der Waals surface area contributed by atoms with E-state index in [1.807, 2.05) is 38.2 Å². The highest BCUT2D eigenvalue weighted by atomic mass is 16.5. The van der Waals surface area contributed by atoms with Gasteiger partial charge in [0.15, 0.2) is 0 Å². The zero-order valence-electron chi connectivity index (χ0n) is 15.2. The van der Waals surface area contributed by atoms with Crippen LogP contribution in [0.15, 0.2) is 24.3 Å². The molecular weight excluding hydrogens is 302 g/mol. The van der Waals surface area contributed by atoms with Crippen molar-refractivity contribution < 1.29 is 9.53 Å². The van der Waals surface area contributed by atoms with Gasteiger partial charge in [-0.1, -0.05) is 18.2 Å². The number of nitrogens with zero attached hydrogens (tertiary/aromatic N) is 1. The maximum atomic E-state index is 12.5. The zero-order valence-corrected chi connectivity index (χ0v) is 15.2. The lowest BCUT2D eigenvalue weighted by atomic mass is 9.93. The molecule has 5 heteroatoms. The maximum absolute atomic E-state index is 12.5. The van der Waals surface area contributed by atoms with Crippen LogP contribution < -0.4 is 15.4 Å². The van der Waals surface area contributed by atoms with Crippen LogP contribution in [0.4, 0.5) is 0 Å². The molecule has 1 aromatic carbocycles. The van der Waals surface area contributed by atoms with E-state index in [1.54, 1.807) is 7.11 Å². The standard InChI is InChI=1S/C19H31N3O2/c1-15(22-12-9-16(10-13-22)8-11-20-2)19(23)21-14-17-6-4-5-7-18(17)24-3/h4-7,15-16,20H,8-14H2,1-3H3,(H,21,23). The van der Waals surface area contributed by atoms with Gasteiger partial charge in [-0.25, -0.2) is 0 Å². The molecule has 0 aliphatic carbocycles. The van der Waals surface area contributed by atoms with Crippen LogP contribution in [0, 0.1) is 5.92 Å². The number of ether oxygens (including phenoxy) is 1. The first-order chi connectivity index (χ1) is 11.7. The first-order valence-electron chi connectivity index (χ1n) is 8.94. The smallest absolute Gasteiger partial charge is 0.237 e. The quantitative estimate of drug-likeness (QED) is 0.764. The highest BCUT2D eigenvalue weighted by Crippen LogP contribution is 2.22. The molecule has 1 aromatic rings. The van der Waals surface area contributed by atoms with E-state index in [9.17, 15) is 4.79 Å². The highest BCUT2D eigenvalue weighted by Gasteiger charge is 2.26. The molecule has 1 unspecified atom stereocenters. The number of methoxy groups -OCH3 is 1. The molecule has 1 aliphatic rings. The van der Waals surface area contributed by atoms with Crippen LogP contribution in [0.1, 0.15) is 31.7 Å². The maximum Gasteiger partial charge on any atom is 0.237 e. The first-order valence-corrected chi connectivity index (χ1v) is 8.94. The number of likely N-dealkylation sites (tertiary alicyclic amines) is 1. The van der Waals surface area contributed by atoms with Crippen molar-refractivity contribution in [2.75, 3.05) is 33.8 Å². The topological polar surface area (TPSA) is 53.6 Å². The number of amides is 1. The minimum atomic E-state index is -0.0787. The summed E-state index contributed by atoms with van der Waals surface area (Å²) in [4.78, 5) is 14.8. The van der Waals surface area contributed by atoms with Crippen LogP contribution in [0.3, 0.4) is 0 Å². The summed E-state index contributed by atoms with van der Waals surface area (Å²) in [5.74, 6) is 1.70. The molecule has 5 nitrogen and oxygen atoms in total. The summed E-state index contributed by atoms with van der Waals surface area (Å²) in [6.45, 7) is 5.62. The van der Waals surface area contributed by atoms with Crippen LogP contribution in [0.25, 0.3) is 0 Å². The Morgan fingerprint density at radius 3 is 2.71 bits per heavy atom. The third-order valence-corrected chi connectivity index (χ3v) is 5.02. The predicted molar refractivity (Wildman–Crippen MR) is 97.1 cm³/mol. The molecule has 2 rings (SSSR count). The molecule has 1 heterocycles. The van der Waals surface area contributed by atoms with Crippen molar-refractivity contribution in [2.45, 2.75) is 38.8 Å². The van der Waals surface area contributed by atoms with Crippen LogP contribution in [0.2, 0.25) is 0 Å².